The lowest BCUT2D eigenvalue weighted by molar-refractivity contribution is -0.180. The number of hydrogen-bond donors (Lipinski definition) is 0. The molecule has 0 spiro atoms. The molecule has 0 N–H and O–H groups in total. The number of ketones is 2. The monoisotopic (exact) mass is 641 g/mol. The van der Waals surface area contributed by atoms with E-state index in [0.717, 1.165) is 38.8 Å². The molecule has 0 radical (unpaired) electrons. The number of allylic oxidation sites excluding steroid dienone is 4. The molecule has 256 valence electrons. The molecule has 0 unspecified atom stereocenters. The summed E-state index contributed by atoms with van der Waals surface area (Å²) in [5, 5.41) is 10.4. The average molecular weight is 642 g/mol. The predicted molar refractivity (Wildman–Crippen MR) is 184 cm³/mol. The Labute approximate surface area is 283 Å². The van der Waals surface area contributed by atoms with E-state index < -0.39 is 10.8 Å². The Bertz CT molecular complexity index is 1460. The van der Waals surface area contributed by atoms with Gasteiger partial charge in [0.05, 0.1) is 5.57 Å². The topological polar surface area (TPSA) is 81.5 Å². The zero-order valence-corrected chi connectivity index (χ0v) is 30.3. The van der Waals surface area contributed by atoms with Crippen molar-refractivity contribution >= 4 is 17.5 Å². The number of rotatable bonds is 2. The van der Waals surface area contributed by atoms with Gasteiger partial charge in [0.25, 0.3) is 0 Å². The molecule has 7 rings (SSSR count). The second-order valence-electron chi connectivity index (χ2n) is 18.5. The van der Waals surface area contributed by atoms with Crippen LogP contribution in [0.2, 0.25) is 0 Å². The van der Waals surface area contributed by atoms with Crippen molar-refractivity contribution in [2.75, 3.05) is 26.2 Å². The zero-order valence-electron chi connectivity index (χ0n) is 30.3. The van der Waals surface area contributed by atoms with Gasteiger partial charge in [-0.05, 0) is 130 Å². The van der Waals surface area contributed by atoms with Crippen LogP contribution in [0.25, 0.3) is 0 Å². The molecular formula is C41H59N3O3. The summed E-state index contributed by atoms with van der Waals surface area (Å²) in [4.78, 5) is 48.4. The van der Waals surface area contributed by atoms with Gasteiger partial charge in [0, 0.05) is 30.5 Å². The minimum atomic E-state index is -1.35. The summed E-state index contributed by atoms with van der Waals surface area (Å²) < 4.78 is 0. The molecule has 3 saturated carbocycles. The fraction of sp³-hybridized carbons (Fsp3) is 0.805. The maximum absolute atomic E-state index is 14.8. The molecule has 0 bridgehead atoms. The van der Waals surface area contributed by atoms with Crippen LogP contribution in [-0.2, 0) is 14.4 Å². The Morgan fingerprint density at radius 2 is 1.55 bits per heavy atom. The summed E-state index contributed by atoms with van der Waals surface area (Å²) in [5.41, 5.74) is -0.912. The summed E-state index contributed by atoms with van der Waals surface area (Å²) in [6.45, 7) is 19.6. The van der Waals surface area contributed by atoms with Gasteiger partial charge in [-0.1, -0.05) is 59.6 Å². The number of amides is 1. The number of piperidine rings is 2. The Balaban J connectivity index is 1.25. The number of carbonyl (C=O) groups is 3. The molecular weight excluding hydrogens is 582 g/mol. The van der Waals surface area contributed by atoms with Gasteiger partial charge in [-0.2, -0.15) is 5.26 Å². The maximum atomic E-state index is 14.8. The van der Waals surface area contributed by atoms with Crippen molar-refractivity contribution in [2.24, 2.45) is 56.7 Å². The van der Waals surface area contributed by atoms with Gasteiger partial charge in [0.15, 0.2) is 11.6 Å². The van der Waals surface area contributed by atoms with Gasteiger partial charge in [0.1, 0.15) is 11.5 Å². The van der Waals surface area contributed by atoms with Crippen LogP contribution in [0.15, 0.2) is 23.3 Å². The fourth-order valence-corrected chi connectivity index (χ4v) is 13.3. The molecule has 1 amide bonds. The van der Waals surface area contributed by atoms with Gasteiger partial charge in [-0.3, -0.25) is 14.4 Å². The van der Waals surface area contributed by atoms with Crippen molar-refractivity contribution in [1.82, 2.24) is 9.80 Å². The maximum Gasteiger partial charge on any atom is 0.236 e. The van der Waals surface area contributed by atoms with Crippen molar-refractivity contribution in [3.63, 3.8) is 0 Å². The minimum absolute atomic E-state index is 0.0747. The standard InChI is InChI=1S/C41H59N3O3/c1-26-11-15-37(3)17-18-39(5)30(33(37)27(26)2)23-31(45)34-38(4)24-28(25-42)35(46)41(7,32(38)12-16-40(34,39)6)36(47)44-21-13-29(14-22-44)43-19-9-8-10-20-43/h23-24,26-27,29,32-34H,8-22H2,1-7H3/t26-,27+,32-,33+,34-,37-,38+,39-,40-,41-/m1/s1. The Kier molecular flexibility index (Phi) is 7.87. The van der Waals surface area contributed by atoms with E-state index in [4.69, 9.17) is 0 Å². The van der Waals surface area contributed by atoms with Crippen LogP contribution >= 0.6 is 0 Å². The van der Waals surface area contributed by atoms with Crippen LogP contribution in [0.4, 0.5) is 0 Å². The molecule has 6 nitrogen and oxygen atoms in total. The number of likely N-dealkylation sites (tertiary alicyclic amines) is 2. The van der Waals surface area contributed by atoms with Crippen molar-refractivity contribution in [3.8, 4) is 6.07 Å². The van der Waals surface area contributed by atoms with E-state index in [1.54, 1.807) is 0 Å². The number of Topliss-reactive ketones (excluding diaryl/α,β-unsaturated/α-hetero) is 1. The number of nitriles is 1. The van der Waals surface area contributed by atoms with Crippen molar-refractivity contribution in [3.05, 3.63) is 23.3 Å². The van der Waals surface area contributed by atoms with E-state index in [2.05, 4.69) is 58.6 Å². The van der Waals surface area contributed by atoms with Gasteiger partial charge in [-0.25, -0.2) is 0 Å². The second-order valence-corrected chi connectivity index (χ2v) is 18.5. The fourth-order valence-electron chi connectivity index (χ4n) is 13.3. The average Bonchev–Trinajstić information content (AvgIpc) is 3.06. The summed E-state index contributed by atoms with van der Waals surface area (Å²) in [5.74, 6) is 0.551. The van der Waals surface area contributed by atoms with E-state index in [1.807, 2.05) is 17.9 Å². The largest absolute Gasteiger partial charge is 0.342 e. The highest BCUT2D eigenvalue weighted by Crippen LogP contribution is 2.74. The molecule has 7 aliphatic rings. The molecule has 5 fully saturated rings. The molecule has 2 saturated heterocycles. The summed E-state index contributed by atoms with van der Waals surface area (Å²) in [6, 6.07) is 2.72. The molecule has 10 atom stereocenters. The molecule has 2 heterocycles. The lowest BCUT2D eigenvalue weighted by atomic mass is 9.33. The van der Waals surface area contributed by atoms with Crippen molar-refractivity contribution in [2.45, 2.75) is 125 Å². The smallest absolute Gasteiger partial charge is 0.236 e. The van der Waals surface area contributed by atoms with E-state index in [-0.39, 0.29) is 51.1 Å². The molecule has 5 aliphatic carbocycles. The Morgan fingerprint density at radius 1 is 0.872 bits per heavy atom. The predicted octanol–water partition coefficient (Wildman–Crippen LogP) is 7.54. The van der Waals surface area contributed by atoms with E-state index in [9.17, 15) is 19.6 Å². The summed E-state index contributed by atoms with van der Waals surface area (Å²) in [7, 11) is 0. The summed E-state index contributed by atoms with van der Waals surface area (Å²) >= 11 is 0. The molecule has 6 heteroatoms. The molecule has 2 aliphatic heterocycles. The van der Waals surface area contributed by atoms with Crippen molar-refractivity contribution < 1.29 is 14.4 Å². The third-order valence-electron chi connectivity index (χ3n) is 16.4. The Hall–Kier alpha value is -2.26. The lowest BCUT2D eigenvalue weighted by Gasteiger charge is -2.69. The molecule has 0 aromatic carbocycles. The molecule has 0 aromatic rings. The second kappa shape index (κ2) is 11.1. The number of carbonyl (C=O) groups excluding carboxylic acids is 3. The first-order chi connectivity index (χ1) is 22.2. The van der Waals surface area contributed by atoms with Crippen LogP contribution in [0.1, 0.15) is 119 Å². The van der Waals surface area contributed by atoms with Crippen LogP contribution in [0.5, 0.6) is 0 Å². The molecule has 47 heavy (non-hydrogen) atoms. The van der Waals surface area contributed by atoms with Crippen LogP contribution in [-0.4, -0.2) is 59.5 Å². The highest BCUT2D eigenvalue weighted by Gasteiger charge is 2.72. The van der Waals surface area contributed by atoms with Crippen LogP contribution in [0, 0.1) is 68.0 Å². The number of hydrogen-bond acceptors (Lipinski definition) is 5. The minimum Gasteiger partial charge on any atom is -0.342 e. The highest BCUT2D eigenvalue weighted by atomic mass is 16.2. The third kappa shape index (κ3) is 4.46. The normalized spacial score (nSPS) is 47.4. The van der Waals surface area contributed by atoms with E-state index in [0.29, 0.717) is 43.3 Å². The van der Waals surface area contributed by atoms with Gasteiger partial charge in [-0.15, -0.1) is 0 Å². The first-order valence-corrected chi connectivity index (χ1v) is 19.1. The number of nitrogens with zero attached hydrogens (tertiary/aromatic N) is 3. The highest BCUT2D eigenvalue weighted by molar-refractivity contribution is 6.16. The van der Waals surface area contributed by atoms with Crippen LogP contribution in [0.3, 0.4) is 0 Å². The molecule has 0 aromatic heterocycles. The zero-order chi connectivity index (χ0) is 33.7. The lowest BCUT2D eigenvalue weighted by Crippen LogP contribution is -2.68. The van der Waals surface area contributed by atoms with Crippen molar-refractivity contribution in [1.29, 1.82) is 5.26 Å². The quantitative estimate of drug-likeness (QED) is 0.291. The van der Waals surface area contributed by atoms with E-state index in [1.165, 1.54) is 44.1 Å². The SMILES string of the molecule is C[C@H]1[C@H](C)CC[C@]2(C)CC[C@]3(C)C(=CC(=O)[C@@H]4[C@@]5(C)C=C(C#N)C(=O)[C@](C)(C(=O)N6CCC(N7CCCCC7)CC6)[C@@H]5CC[C@]43C)[C@H]12. The Morgan fingerprint density at radius 3 is 2.21 bits per heavy atom. The third-order valence-corrected chi connectivity index (χ3v) is 16.4. The number of fused-ring (bicyclic) bond motifs is 7. The van der Waals surface area contributed by atoms with Gasteiger partial charge >= 0.3 is 0 Å². The van der Waals surface area contributed by atoms with Crippen LogP contribution < -0.4 is 0 Å². The first kappa shape index (κ1) is 33.2. The van der Waals surface area contributed by atoms with Gasteiger partial charge < -0.3 is 9.80 Å². The first-order valence-electron chi connectivity index (χ1n) is 19.1. The van der Waals surface area contributed by atoms with Gasteiger partial charge in [0.2, 0.25) is 5.91 Å². The summed E-state index contributed by atoms with van der Waals surface area (Å²) in [6.07, 6.45) is 15.8. The van der Waals surface area contributed by atoms with E-state index >= 15 is 0 Å².